The number of rotatable bonds is 0. The Hall–Kier alpha value is -0.160. The van der Waals surface area contributed by atoms with E-state index in [1.54, 1.807) is 6.92 Å². The molecule has 1 aliphatic rings. The Kier molecular flexibility index (Phi) is 2.02. The molecule has 3 atom stereocenters. The van der Waals surface area contributed by atoms with Crippen molar-refractivity contribution in [3.63, 3.8) is 0 Å². The molecule has 0 aromatic rings. The van der Waals surface area contributed by atoms with E-state index in [0.717, 1.165) is 0 Å². The molecular formula is C5H12N2O2. The van der Waals surface area contributed by atoms with E-state index in [9.17, 15) is 0 Å². The fourth-order valence-electron chi connectivity index (χ4n) is 0.864. The Bertz CT molecular complexity index is 89.0. The minimum absolute atomic E-state index is 0.0752. The van der Waals surface area contributed by atoms with Gasteiger partial charge in [0.2, 0.25) is 0 Å². The van der Waals surface area contributed by atoms with Crippen molar-refractivity contribution >= 4 is 0 Å². The van der Waals surface area contributed by atoms with Gasteiger partial charge in [-0.2, -0.15) is 0 Å². The van der Waals surface area contributed by atoms with Crippen LogP contribution in [0.2, 0.25) is 0 Å². The summed E-state index contributed by atoms with van der Waals surface area (Å²) in [7, 11) is 0. The molecule has 1 heterocycles. The molecular weight excluding hydrogens is 120 g/mol. The second-order valence-electron chi connectivity index (χ2n) is 2.37. The first kappa shape index (κ1) is 6.95. The molecule has 0 amide bonds. The first-order valence-electron chi connectivity index (χ1n) is 3.06. The first-order chi connectivity index (χ1) is 4.22. The number of hydrogen-bond donors (Lipinski definition) is 4. The predicted octanol–water partition coefficient (Wildman–Crippen LogP) is -1.80. The highest BCUT2D eigenvalue weighted by atomic mass is 16.3. The molecule has 9 heavy (non-hydrogen) atoms. The van der Waals surface area contributed by atoms with Crippen LogP contribution >= 0.6 is 0 Å². The summed E-state index contributed by atoms with van der Waals surface area (Å²) in [5, 5.41) is 18.1. The number of β-amino-alcohol motifs (C(OH)–C–C–N with tert-alkyl or cyclic N) is 1. The molecule has 0 aromatic carbocycles. The van der Waals surface area contributed by atoms with Gasteiger partial charge in [-0.3, -0.25) is 10.9 Å². The number of hydrogen-bond acceptors (Lipinski definition) is 4. The van der Waals surface area contributed by atoms with Crippen molar-refractivity contribution in [2.24, 2.45) is 0 Å². The van der Waals surface area contributed by atoms with E-state index in [4.69, 9.17) is 10.2 Å². The monoisotopic (exact) mass is 132 g/mol. The van der Waals surface area contributed by atoms with Crippen LogP contribution in [0.5, 0.6) is 0 Å². The molecule has 1 saturated heterocycles. The van der Waals surface area contributed by atoms with E-state index < -0.39 is 12.2 Å². The Morgan fingerprint density at radius 1 is 1.44 bits per heavy atom. The highest BCUT2D eigenvalue weighted by molar-refractivity contribution is 4.81. The molecule has 4 nitrogen and oxygen atoms in total. The molecule has 3 unspecified atom stereocenters. The lowest BCUT2D eigenvalue weighted by Gasteiger charge is -2.30. The maximum atomic E-state index is 9.09. The minimum atomic E-state index is -0.647. The van der Waals surface area contributed by atoms with Gasteiger partial charge >= 0.3 is 0 Å². The van der Waals surface area contributed by atoms with E-state index in [1.807, 2.05) is 0 Å². The molecule has 4 N–H and O–H groups in total. The maximum Gasteiger partial charge on any atom is 0.0975 e. The molecule has 0 aromatic heterocycles. The van der Waals surface area contributed by atoms with Crippen molar-refractivity contribution in [3.05, 3.63) is 0 Å². The number of nitrogens with one attached hydrogen (secondary N) is 2. The van der Waals surface area contributed by atoms with E-state index in [-0.39, 0.29) is 6.04 Å². The van der Waals surface area contributed by atoms with Gasteiger partial charge in [0.25, 0.3) is 0 Å². The molecule has 0 aliphatic carbocycles. The van der Waals surface area contributed by atoms with E-state index in [0.29, 0.717) is 6.54 Å². The van der Waals surface area contributed by atoms with Crippen LogP contribution < -0.4 is 10.9 Å². The third-order valence-corrected chi connectivity index (χ3v) is 1.55. The summed E-state index contributed by atoms with van der Waals surface area (Å²) in [6.45, 7) is 2.21. The lowest BCUT2D eigenvalue weighted by molar-refractivity contribution is -0.0263. The minimum Gasteiger partial charge on any atom is -0.389 e. The maximum absolute atomic E-state index is 9.09. The third-order valence-electron chi connectivity index (χ3n) is 1.55. The smallest absolute Gasteiger partial charge is 0.0975 e. The summed E-state index contributed by atoms with van der Waals surface area (Å²) in [6.07, 6.45) is -1.28. The summed E-state index contributed by atoms with van der Waals surface area (Å²) in [5.41, 5.74) is 5.56. The van der Waals surface area contributed by atoms with E-state index in [1.165, 1.54) is 0 Å². The molecule has 0 radical (unpaired) electrons. The average molecular weight is 132 g/mol. The molecule has 1 fully saturated rings. The van der Waals surface area contributed by atoms with Crippen molar-refractivity contribution < 1.29 is 10.2 Å². The Morgan fingerprint density at radius 3 is 2.56 bits per heavy atom. The van der Waals surface area contributed by atoms with E-state index >= 15 is 0 Å². The van der Waals surface area contributed by atoms with Crippen LogP contribution in [0.4, 0.5) is 0 Å². The van der Waals surface area contributed by atoms with Crippen LogP contribution in [0.25, 0.3) is 0 Å². The Labute approximate surface area is 53.9 Å². The molecule has 0 saturated carbocycles. The average Bonchev–Trinajstić information content (AvgIpc) is 1.83. The Morgan fingerprint density at radius 2 is 2.11 bits per heavy atom. The molecule has 1 aliphatic heterocycles. The summed E-state index contributed by atoms with van der Waals surface area (Å²) in [6, 6.07) is -0.0752. The van der Waals surface area contributed by atoms with Crippen molar-refractivity contribution in [2.75, 3.05) is 6.54 Å². The van der Waals surface area contributed by atoms with Gasteiger partial charge in [0.05, 0.1) is 12.2 Å². The van der Waals surface area contributed by atoms with Crippen LogP contribution in [0.15, 0.2) is 0 Å². The normalized spacial score (nSPS) is 45.0. The summed E-state index contributed by atoms with van der Waals surface area (Å²) < 4.78 is 0. The largest absolute Gasteiger partial charge is 0.389 e. The van der Waals surface area contributed by atoms with Crippen molar-refractivity contribution in [3.8, 4) is 0 Å². The van der Waals surface area contributed by atoms with Gasteiger partial charge in [-0.25, -0.2) is 0 Å². The van der Waals surface area contributed by atoms with Crippen molar-refractivity contribution in [2.45, 2.75) is 25.2 Å². The van der Waals surface area contributed by atoms with Gasteiger partial charge in [-0.05, 0) is 6.92 Å². The molecule has 54 valence electrons. The lowest BCUT2D eigenvalue weighted by Crippen LogP contribution is -2.59. The van der Waals surface area contributed by atoms with E-state index in [2.05, 4.69) is 10.9 Å². The summed E-state index contributed by atoms with van der Waals surface area (Å²) in [5.74, 6) is 0. The number of hydrazine groups is 1. The number of aliphatic hydroxyl groups is 2. The van der Waals surface area contributed by atoms with Gasteiger partial charge in [0.1, 0.15) is 0 Å². The second-order valence-corrected chi connectivity index (χ2v) is 2.37. The highest BCUT2D eigenvalue weighted by Crippen LogP contribution is 2.01. The van der Waals surface area contributed by atoms with Crippen molar-refractivity contribution in [1.82, 2.24) is 10.9 Å². The van der Waals surface area contributed by atoms with Crippen molar-refractivity contribution in [1.29, 1.82) is 0 Å². The predicted molar refractivity (Wildman–Crippen MR) is 32.6 cm³/mol. The van der Waals surface area contributed by atoms with Gasteiger partial charge in [-0.15, -0.1) is 0 Å². The highest BCUT2D eigenvalue weighted by Gasteiger charge is 2.26. The van der Waals surface area contributed by atoms with Gasteiger partial charge < -0.3 is 10.2 Å². The summed E-state index contributed by atoms with van der Waals surface area (Å²) >= 11 is 0. The standard InChI is InChI=1S/C5H12N2O2/c1-3-5(9)4(8)2-6-7-3/h3-9H,2H2,1H3. The molecule has 4 heteroatoms. The molecule has 0 spiro atoms. The zero-order valence-electron chi connectivity index (χ0n) is 5.33. The second kappa shape index (κ2) is 2.62. The quantitative estimate of drug-likeness (QED) is 0.314. The third kappa shape index (κ3) is 1.40. The topological polar surface area (TPSA) is 64.5 Å². The Balaban J connectivity index is 2.41. The molecule has 1 rings (SSSR count). The van der Waals surface area contributed by atoms with Gasteiger partial charge in [0.15, 0.2) is 0 Å². The molecule has 0 bridgehead atoms. The van der Waals surface area contributed by atoms with Gasteiger partial charge in [-0.1, -0.05) is 0 Å². The van der Waals surface area contributed by atoms with Crippen LogP contribution in [-0.2, 0) is 0 Å². The van der Waals surface area contributed by atoms with Crippen LogP contribution in [0, 0.1) is 0 Å². The number of aliphatic hydroxyl groups excluding tert-OH is 2. The fraction of sp³-hybridized carbons (Fsp3) is 1.00. The van der Waals surface area contributed by atoms with Crippen LogP contribution in [0.1, 0.15) is 6.92 Å². The summed E-state index contributed by atoms with van der Waals surface area (Å²) in [4.78, 5) is 0. The SMILES string of the molecule is CC1NNCC(O)C1O. The fourth-order valence-corrected chi connectivity index (χ4v) is 0.864. The lowest BCUT2D eigenvalue weighted by atomic mass is 10.1. The zero-order valence-corrected chi connectivity index (χ0v) is 5.33. The first-order valence-corrected chi connectivity index (χ1v) is 3.06. The van der Waals surface area contributed by atoms with Crippen LogP contribution in [-0.4, -0.2) is 35.0 Å². The van der Waals surface area contributed by atoms with Gasteiger partial charge in [0, 0.05) is 12.6 Å². The van der Waals surface area contributed by atoms with Crippen LogP contribution in [0.3, 0.4) is 0 Å². The zero-order chi connectivity index (χ0) is 6.85.